The minimum atomic E-state index is -0.313. The van der Waals surface area contributed by atoms with E-state index in [1.54, 1.807) is 0 Å². The van der Waals surface area contributed by atoms with Crippen LogP contribution < -0.4 is 0 Å². The fourth-order valence-corrected chi connectivity index (χ4v) is 2.54. The Balaban J connectivity index is 2.73. The molecule has 0 saturated heterocycles. The fourth-order valence-electron chi connectivity index (χ4n) is 2.54. The maximum absolute atomic E-state index is 11.2. The van der Waals surface area contributed by atoms with Crippen molar-refractivity contribution in [3.8, 4) is 0 Å². The van der Waals surface area contributed by atoms with Gasteiger partial charge in [0.05, 0.1) is 0 Å². The monoisotopic (exact) mass is 196 g/mol. The first-order valence-corrected chi connectivity index (χ1v) is 5.56. The third-order valence-electron chi connectivity index (χ3n) is 3.40. The summed E-state index contributed by atoms with van der Waals surface area (Å²) in [5, 5.41) is 0. The topological polar surface area (TPSA) is 34.1 Å². The molecule has 80 valence electrons. The first-order valence-electron chi connectivity index (χ1n) is 5.56. The molecule has 1 atom stereocenters. The standard InChI is InChI=1S/C12H20O2/c1-10(2)7-11(8-13)12(9-14)5-3-4-6-12/h8-11H,3-7H2,1-2H3. The van der Waals surface area contributed by atoms with Crippen molar-refractivity contribution in [2.24, 2.45) is 17.3 Å². The van der Waals surface area contributed by atoms with Crippen LogP contribution in [0.4, 0.5) is 0 Å². The van der Waals surface area contributed by atoms with Crippen LogP contribution in [-0.2, 0) is 9.59 Å². The largest absolute Gasteiger partial charge is 0.303 e. The van der Waals surface area contributed by atoms with Crippen molar-refractivity contribution in [3.05, 3.63) is 0 Å². The van der Waals surface area contributed by atoms with Crippen LogP contribution in [0.15, 0.2) is 0 Å². The van der Waals surface area contributed by atoms with E-state index in [1.165, 1.54) is 0 Å². The molecule has 0 aromatic rings. The normalized spacial score (nSPS) is 22.2. The van der Waals surface area contributed by atoms with Crippen molar-refractivity contribution in [1.82, 2.24) is 0 Å². The Bertz CT molecular complexity index is 202. The zero-order chi connectivity index (χ0) is 10.6. The van der Waals surface area contributed by atoms with Gasteiger partial charge in [0.15, 0.2) is 0 Å². The molecule has 1 unspecified atom stereocenters. The summed E-state index contributed by atoms with van der Waals surface area (Å²) in [6.07, 6.45) is 6.91. The van der Waals surface area contributed by atoms with Gasteiger partial charge in [-0.2, -0.15) is 0 Å². The molecule has 1 aliphatic rings. The number of carbonyl (C=O) groups is 2. The van der Waals surface area contributed by atoms with Gasteiger partial charge < -0.3 is 9.59 Å². The number of carbonyl (C=O) groups excluding carboxylic acids is 2. The van der Waals surface area contributed by atoms with Crippen molar-refractivity contribution in [3.63, 3.8) is 0 Å². The number of rotatable bonds is 5. The van der Waals surface area contributed by atoms with E-state index < -0.39 is 0 Å². The number of aldehydes is 2. The summed E-state index contributed by atoms with van der Waals surface area (Å²) in [6.45, 7) is 4.20. The summed E-state index contributed by atoms with van der Waals surface area (Å²) in [4.78, 5) is 22.2. The van der Waals surface area contributed by atoms with E-state index >= 15 is 0 Å². The summed E-state index contributed by atoms with van der Waals surface area (Å²) in [7, 11) is 0. The summed E-state index contributed by atoms with van der Waals surface area (Å²) < 4.78 is 0. The first kappa shape index (κ1) is 11.4. The molecule has 2 heteroatoms. The van der Waals surface area contributed by atoms with E-state index in [2.05, 4.69) is 13.8 Å². The van der Waals surface area contributed by atoms with Gasteiger partial charge in [-0.1, -0.05) is 26.7 Å². The Morgan fingerprint density at radius 1 is 1.21 bits per heavy atom. The average Bonchev–Trinajstić information content (AvgIpc) is 2.63. The molecule has 0 spiro atoms. The van der Waals surface area contributed by atoms with Gasteiger partial charge in [-0.05, 0) is 25.2 Å². The molecule has 0 radical (unpaired) electrons. The van der Waals surface area contributed by atoms with Gasteiger partial charge in [0.1, 0.15) is 12.6 Å². The van der Waals surface area contributed by atoms with Crippen LogP contribution in [-0.4, -0.2) is 12.6 Å². The second-order valence-electron chi connectivity index (χ2n) is 4.93. The van der Waals surface area contributed by atoms with E-state index in [0.29, 0.717) is 5.92 Å². The van der Waals surface area contributed by atoms with E-state index in [-0.39, 0.29) is 11.3 Å². The van der Waals surface area contributed by atoms with Gasteiger partial charge in [0.25, 0.3) is 0 Å². The van der Waals surface area contributed by atoms with E-state index in [1.807, 2.05) is 0 Å². The molecule has 1 saturated carbocycles. The molecular formula is C12H20O2. The summed E-state index contributed by atoms with van der Waals surface area (Å²) in [5.41, 5.74) is -0.313. The molecule has 1 aliphatic carbocycles. The highest BCUT2D eigenvalue weighted by molar-refractivity contribution is 5.69. The van der Waals surface area contributed by atoms with Gasteiger partial charge in [-0.25, -0.2) is 0 Å². The minimum Gasteiger partial charge on any atom is -0.303 e. The minimum absolute atomic E-state index is 0.0532. The first-order chi connectivity index (χ1) is 6.64. The lowest BCUT2D eigenvalue weighted by atomic mass is 9.72. The highest BCUT2D eigenvalue weighted by Gasteiger charge is 2.41. The molecule has 0 aromatic heterocycles. The van der Waals surface area contributed by atoms with Crippen LogP contribution in [0.2, 0.25) is 0 Å². The molecule has 2 nitrogen and oxygen atoms in total. The van der Waals surface area contributed by atoms with Crippen molar-refractivity contribution in [2.75, 3.05) is 0 Å². The maximum Gasteiger partial charge on any atom is 0.126 e. The highest BCUT2D eigenvalue weighted by Crippen LogP contribution is 2.44. The maximum atomic E-state index is 11.2. The molecule has 1 rings (SSSR count). The molecule has 0 N–H and O–H groups in total. The van der Waals surface area contributed by atoms with Crippen molar-refractivity contribution in [2.45, 2.75) is 46.0 Å². The predicted molar refractivity (Wildman–Crippen MR) is 56.0 cm³/mol. The molecule has 0 aromatic carbocycles. The molecule has 14 heavy (non-hydrogen) atoms. The number of hydrogen-bond acceptors (Lipinski definition) is 2. The second-order valence-corrected chi connectivity index (χ2v) is 4.93. The van der Waals surface area contributed by atoms with E-state index in [4.69, 9.17) is 0 Å². The van der Waals surface area contributed by atoms with Crippen molar-refractivity contribution in [1.29, 1.82) is 0 Å². The van der Waals surface area contributed by atoms with Crippen LogP contribution in [0.25, 0.3) is 0 Å². The molecule has 0 amide bonds. The quantitative estimate of drug-likeness (QED) is 0.633. The van der Waals surface area contributed by atoms with Crippen molar-refractivity contribution >= 4 is 12.6 Å². The smallest absolute Gasteiger partial charge is 0.126 e. The van der Waals surface area contributed by atoms with Gasteiger partial charge in [-0.3, -0.25) is 0 Å². The molecular weight excluding hydrogens is 176 g/mol. The predicted octanol–water partition coefficient (Wildman–Crippen LogP) is 2.61. The lowest BCUT2D eigenvalue weighted by Gasteiger charge is -2.29. The third-order valence-corrected chi connectivity index (χ3v) is 3.40. The summed E-state index contributed by atoms with van der Waals surface area (Å²) in [5.74, 6) is 0.435. The summed E-state index contributed by atoms with van der Waals surface area (Å²) in [6, 6.07) is 0. The fraction of sp³-hybridized carbons (Fsp3) is 0.833. The van der Waals surface area contributed by atoms with E-state index in [9.17, 15) is 9.59 Å². The second kappa shape index (κ2) is 4.72. The Kier molecular flexibility index (Phi) is 3.85. The number of hydrogen-bond donors (Lipinski definition) is 0. The van der Waals surface area contributed by atoms with Crippen LogP contribution in [0.1, 0.15) is 46.0 Å². The van der Waals surface area contributed by atoms with E-state index in [0.717, 1.165) is 44.7 Å². The SMILES string of the molecule is CC(C)CC(C=O)C1(C=O)CCCC1. The Hall–Kier alpha value is -0.660. The lowest BCUT2D eigenvalue weighted by Crippen LogP contribution is -2.31. The van der Waals surface area contributed by atoms with Crippen LogP contribution >= 0.6 is 0 Å². The van der Waals surface area contributed by atoms with Crippen LogP contribution in [0, 0.1) is 17.3 Å². The zero-order valence-corrected chi connectivity index (χ0v) is 9.16. The summed E-state index contributed by atoms with van der Waals surface area (Å²) >= 11 is 0. The average molecular weight is 196 g/mol. The Morgan fingerprint density at radius 3 is 2.14 bits per heavy atom. The highest BCUT2D eigenvalue weighted by atomic mass is 16.1. The molecule has 0 heterocycles. The third kappa shape index (κ3) is 2.23. The van der Waals surface area contributed by atoms with Gasteiger partial charge in [-0.15, -0.1) is 0 Å². The Labute approximate surface area is 86.1 Å². The zero-order valence-electron chi connectivity index (χ0n) is 9.16. The van der Waals surface area contributed by atoms with Gasteiger partial charge in [0.2, 0.25) is 0 Å². The van der Waals surface area contributed by atoms with Gasteiger partial charge >= 0.3 is 0 Å². The lowest BCUT2D eigenvalue weighted by molar-refractivity contribution is -0.126. The molecule has 0 aliphatic heterocycles. The van der Waals surface area contributed by atoms with Crippen LogP contribution in [0.3, 0.4) is 0 Å². The molecule has 1 fully saturated rings. The van der Waals surface area contributed by atoms with Gasteiger partial charge in [0, 0.05) is 11.3 Å². The van der Waals surface area contributed by atoms with Crippen molar-refractivity contribution < 1.29 is 9.59 Å². The Morgan fingerprint density at radius 2 is 1.79 bits per heavy atom. The molecule has 0 bridgehead atoms. The van der Waals surface area contributed by atoms with Crippen LogP contribution in [0.5, 0.6) is 0 Å².